The first kappa shape index (κ1) is 13.5. The molecular weight excluding hydrogens is 250 g/mol. The average molecular weight is 269 g/mol. The van der Waals surface area contributed by atoms with Crippen molar-refractivity contribution < 1.29 is 13.5 Å². The third-order valence-electron chi connectivity index (χ3n) is 3.30. The fourth-order valence-corrected chi connectivity index (χ4v) is 3.55. The molecule has 1 aromatic rings. The van der Waals surface area contributed by atoms with Gasteiger partial charge in [-0.25, -0.2) is 13.1 Å². The van der Waals surface area contributed by atoms with Gasteiger partial charge < -0.3 is 5.11 Å². The van der Waals surface area contributed by atoms with E-state index in [2.05, 4.69) is 4.72 Å². The summed E-state index contributed by atoms with van der Waals surface area (Å²) >= 11 is 0. The standard InChI is InChI=1S/C13H19NO3S/c15-13-7-6-12(8-13)9-14-18(16,17)10-11-4-2-1-3-5-11/h1-5,12-15H,6-10H2. The van der Waals surface area contributed by atoms with Crippen LogP contribution in [0.5, 0.6) is 0 Å². The van der Waals surface area contributed by atoms with Gasteiger partial charge in [-0.1, -0.05) is 30.3 Å². The van der Waals surface area contributed by atoms with Crippen molar-refractivity contribution in [2.45, 2.75) is 31.1 Å². The Morgan fingerprint density at radius 3 is 2.56 bits per heavy atom. The molecule has 0 aromatic heterocycles. The van der Waals surface area contributed by atoms with E-state index in [1.165, 1.54) is 0 Å². The molecular formula is C13H19NO3S. The van der Waals surface area contributed by atoms with Gasteiger partial charge in [0.25, 0.3) is 0 Å². The Balaban J connectivity index is 1.84. The third kappa shape index (κ3) is 4.08. The molecule has 1 saturated carbocycles. The fourth-order valence-electron chi connectivity index (χ4n) is 2.32. The monoisotopic (exact) mass is 269 g/mol. The van der Waals surface area contributed by atoms with E-state index in [9.17, 15) is 13.5 Å². The molecule has 2 unspecified atom stereocenters. The van der Waals surface area contributed by atoms with Crippen LogP contribution in [0.25, 0.3) is 0 Å². The summed E-state index contributed by atoms with van der Waals surface area (Å²) in [5.41, 5.74) is 0.788. The molecule has 1 aliphatic rings. The van der Waals surface area contributed by atoms with E-state index >= 15 is 0 Å². The Labute approximate surface area is 108 Å². The molecule has 100 valence electrons. The largest absolute Gasteiger partial charge is 0.393 e. The molecule has 0 radical (unpaired) electrons. The molecule has 2 rings (SSSR count). The second-order valence-corrected chi connectivity index (χ2v) is 6.73. The van der Waals surface area contributed by atoms with Crippen molar-refractivity contribution in [2.24, 2.45) is 5.92 Å². The Morgan fingerprint density at radius 1 is 1.22 bits per heavy atom. The van der Waals surface area contributed by atoms with E-state index in [1.54, 1.807) is 12.1 Å². The second kappa shape index (κ2) is 5.82. The highest BCUT2D eigenvalue weighted by atomic mass is 32.2. The molecule has 1 fully saturated rings. The first-order valence-electron chi connectivity index (χ1n) is 6.24. The van der Waals surface area contributed by atoms with Crippen molar-refractivity contribution >= 4 is 10.0 Å². The van der Waals surface area contributed by atoms with E-state index in [-0.39, 0.29) is 17.8 Å². The van der Waals surface area contributed by atoms with Crippen LogP contribution in [0, 0.1) is 5.92 Å². The van der Waals surface area contributed by atoms with Gasteiger partial charge in [-0.15, -0.1) is 0 Å². The van der Waals surface area contributed by atoms with Gasteiger partial charge in [0.05, 0.1) is 11.9 Å². The van der Waals surface area contributed by atoms with Gasteiger partial charge in [-0.2, -0.15) is 0 Å². The van der Waals surface area contributed by atoms with Gasteiger partial charge in [-0.3, -0.25) is 0 Å². The SMILES string of the molecule is O=S(=O)(Cc1ccccc1)NCC1CCC(O)C1. The van der Waals surface area contributed by atoms with Crippen LogP contribution < -0.4 is 4.72 Å². The summed E-state index contributed by atoms with van der Waals surface area (Å²) in [5, 5.41) is 9.39. The van der Waals surface area contributed by atoms with Gasteiger partial charge in [0.15, 0.2) is 0 Å². The van der Waals surface area contributed by atoms with Crippen LogP contribution in [-0.2, 0) is 15.8 Å². The van der Waals surface area contributed by atoms with Crippen LogP contribution in [0.3, 0.4) is 0 Å². The van der Waals surface area contributed by atoms with Gasteiger partial charge in [0, 0.05) is 6.54 Å². The normalized spacial score (nSPS) is 24.3. The van der Waals surface area contributed by atoms with Gasteiger partial charge >= 0.3 is 0 Å². The number of rotatable bonds is 5. The Morgan fingerprint density at radius 2 is 1.94 bits per heavy atom. The van der Waals surface area contributed by atoms with Crippen LogP contribution in [0.15, 0.2) is 30.3 Å². The Kier molecular flexibility index (Phi) is 4.37. The number of hydrogen-bond donors (Lipinski definition) is 2. The summed E-state index contributed by atoms with van der Waals surface area (Å²) < 4.78 is 26.4. The summed E-state index contributed by atoms with van der Waals surface area (Å²) in [6.07, 6.45) is 2.13. The molecule has 0 saturated heterocycles. The summed E-state index contributed by atoms with van der Waals surface area (Å²) in [6, 6.07) is 9.14. The number of benzene rings is 1. The minimum Gasteiger partial charge on any atom is -0.393 e. The molecule has 2 N–H and O–H groups in total. The van der Waals surface area contributed by atoms with Crippen molar-refractivity contribution in [3.05, 3.63) is 35.9 Å². The van der Waals surface area contributed by atoms with Crippen LogP contribution in [0.1, 0.15) is 24.8 Å². The molecule has 0 heterocycles. The quantitative estimate of drug-likeness (QED) is 0.846. The van der Waals surface area contributed by atoms with Crippen LogP contribution in [-0.4, -0.2) is 26.2 Å². The maximum atomic E-state index is 11.9. The van der Waals surface area contributed by atoms with Crippen molar-refractivity contribution in [1.82, 2.24) is 4.72 Å². The molecule has 5 heteroatoms. The molecule has 4 nitrogen and oxygen atoms in total. The summed E-state index contributed by atoms with van der Waals surface area (Å²) in [5.74, 6) is 0.286. The van der Waals surface area contributed by atoms with Gasteiger partial charge in [0.1, 0.15) is 0 Å². The van der Waals surface area contributed by atoms with Crippen molar-refractivity contribution in [2.75, 3.05) is 6.54 Å². The molecule has 0 amide bonds. The molecule has 1 aromatic carbocycles. The van der Waals surface area contributed by atoms with E-state index in [0.29, 0.717) is 13.0 Å². The summed E-state index contributed by atoms with van der Waals surface area (Å²) in [7, 11) is -3.27. The highest BCUT2D eigenvalue weighted by molar-refractivity contribution is 7.88. The minimum absolute atomic E-state index is 0.0170. The predicted molar refractivity (Wildman–Crippen MR) is 70.4 cm³/mol. The zero-order valence-corrected chi connectivity index (χ0v) is 11.1. The summed E-state index contributed by atoms with van der Waals surface area (Å²) in [4.78, 5) is 0. The van der Waals surface area contributed by atoms with Gasteiger partial charge in [-0.05, 0) is 30.7 Å². The topological polar surface area (TPSA) is 66.4 Å². The lowest BCUT2D eigenvalue weighted by atomic mass is 10.1. The number of nitrogens with one attached hydrogen (secondary N) is 1. The molecule has 1 aliphatic carbocycles. The zero-order chi connectivity index (χ0) is 13.0. The number of aliphatic hydroxyl groups is 1. The Bertz CT molecular complexity index is 472. The lowest BCUT2D eigenvalue weighted by molar-refractivity contribution is 0.178. The lowest BCUT2D eigenvalue weighted by Crippen LogP contribution is -2.29. The number of hydrogen-bond acceptors (Lipinski definition) is 3. The lowest BCUT2D eigenvalue weighted by Gasteiger charge is -2.11. The highest BCUT2D eigenvalue weighted by Gasteiger charge is 2.24. The first-order chi connectivity index (χ1) is 8.55. The maximum absolute atomic E-state index is 11.9. The van der Waals surface area contributed by atoms with E-state index in [1.807, 2.05) is 18.2 Å². The van der Waals surface area contributed by atoms with E-state index in [4.69, 9.17) is 0 Å². The van der Waals surface area contributed by atoms with Crippen LogP contribution in [0.2, 0.25) is 0 Å². The first-order valence-corrected chi connectivity index (χ1v) is 7.90. The maximum Gasteiger partial charge on any atom is 0.215 e. The predicted octanol–water partition coefficient (Wildman–Crippen LogP) is 1.27. The number of sulfonamides is 1. The average Bonchev–Trinajstić information content (AvgIpc) is 2.74. The van der Waals surface area contributed by atoms with E-state index < -0.39 is 10.0 Å². The molecule has 0 bridgehead atoms. The fraction of sp³-hybridized carbons (Fsp3) is 0.538. The van der Waals surface area contributed by atoms with Crippen LogP contribution in [0.4, 0.5) is 0 Å². The molecule has 2 atom stereocenters. The van der Waals surface area contributed by atoms with E-state index in [0.717, 1.165) is 18.4 Å². The third-order valence-corrected chi connectivity index (χ3v) is 4.62. The zero-order valence-electron chi connectivity index (χ0n) is 10.2. The van der Waals surface area contributed by atoms with Gasteiger partial charge in [0.2, 0.25) is 10.0 Å². The molecule has 18 heavy (non-hydrogen) atoms. The van der Waals surface area contributed by atoms with Crippen LogP contribution >= 0.6 is 0 Å². The second-order valence-electron chi connectivity index (χ2n) is 4.93. The molecule has 0 spiro atoms. The van der Waals surface area contributed by atoms with Crippen molar-refractivity contribution in [1.29, 1.82) is 0 Å². The smallest absolute Gasteiger partial charge is 0.215 e. The minimum atomic E-state index is -3.27. The Hall–Kier alpha value is -0.910. The van der Waals surface area contributed by atoms with Crippen molar-refractivity contribution in [3.8, 4) is 0 Å². The van der Waals surface area contributed by atoms with Crippen molar-refractivity contribution in [3.63, 3.8) is 0 Å². The highest BCUT2D eigenvalue weighted by Crippen LogP contribution is 2.24. The number of aliphatic hydroxyl groups excluding tert-OH is 1. The molecule has 0 aliphatic heterocycles. The summed E-state index contributed by atoms with van der Waals surface area (Å²) in [6.45, 7) is 0.437.